The first kappa shape index (κ1) is 15.6. The molecule has 0 bridgehead atoms. The zero-order valence-corrected chi connectivity index (χ0v) is 11.8. The molecule has 2 N–H and O–H groups in total. The van der Waals surface area contributed by atoms with Crippen LogP contribution in [0.1, 0.15) is 17.2 Å². The lowest BCUT2D eigenvalue weighted by molar-refractivity contribution is -0.140. The number of thioether (sulfide) groups is 1. The summed E-state index contributed by atoms with van der Waals surface area (Å²) in [5.74, 6) is 0.526. The molecule has 0 radical (unpaired) electrons. The number of hydrogen-bond acceptors (Lipinski definition) is 3. The number of rotatable bonds is 2. The van der Waals surface area contributed by atoms with Crippen molar-refractivity contribution in [1.29, 1.82) is 0 Å². The molecular formula is C13H16F4N2S. The molecule has 1 aliphatic heterocycles. The van der Waals surface area contributed by atoms with Crippen molar-refractivity contribution in [1.82, 2.24) is 4.90 Å². The molecule has 0 saturated carbocycles. The Morgan fingerprint density at radius 1 is 1.40 bits per heavy atom. The van der Waals surface area contributed by atoms with Gasteiger partial charge >= 0.3 is 6.18 Å². The Morgan fingerprint density at radius 3 is 2.65 bits per heavy atom. The lowest BCUT2D eigenvalue weighted by Gasteiger charge is -2.36. The summed E-state index contributed by atoms with van der Waals surface area (Å²) in [5, 5.41) is 0. The number of nitrogens with two attached hydrogens (primary N) is 1. The maximum atomic E-state index is 13.6. The predicted molar refractivity (Wildman–Crippen MR) is 72.1 cm³/mol. The van der Waals surface area contributed by atoms with Crippen molar-refractivity contribution in [2.45, 2.75) is 18.3 Å². The van der Waals surface area contributed by atoms with E-state index in [9.17, 15) is 17.6 Å². The van der Waals surface area contributed by atoms with Gasteiger partial charge in [-0.15, -0.1) is 0 Å². The molecule has 2 rings (SSSR count). The summed E-state index contributed by atoms with van der Waals surface area (Å²) in [6.07, 6.45) is -4.68. The second-order valence-electron chi connectivity index (χ2n) is 4.89. The Labute approximate surface area is 119 Å². The van der Waals surface area contributed by atoms with E-state index in [-0.39, 0.29) is 6.04 Å². The molecule has 0 spiro atoms. The minimum Gasteiger partial charge on any atom is -0.323 e. The largest absolute Gasteiger partial charge is 0.419 e. The molecule has 1 heterocycles. The van der Waals surface area contributed by atoms with Gasteiger partial charge in [0.2, 0.25) is 0 Å². The third kappa shape index (κ3) is 3.27. The van der Waals surface area contributed by atoms with Crippen LogP contribution >= 0.6 is 11.8 Å². The number of likely N-dealkylation sites (N-methyl/N-ethyl adjacent to an activating group) is 1. The molecule has 1 aromatic carbocycles. The van der Waals surface area contributed by atoms with Gasteiger partial charge in [-0.05, 0) is 24.7 Å². The quantitative estimate of drug-likeness (QED) is 0.852. The molecule has 1 fully saturated rings. The van der Waals surface area contributed by atoms with Crippen molar-refractivity contribution in [2.24, 2.45) is 5.73 Å². The molecule has 0 amide bonds. The third-order valence-electron chi connectivity index (χ3n) is 3.54. The van der Waals surface area contributed by atoms with Crippen LogP contribution in [0.3, 0.4) is 0 Å². The summed E-state index contributed by atoms with van der Waals surface area (Å²) < 4.78 is 51.1. The van der Waals surface area contributed by atoms with Gasteiger partial charge in [-0.25, -0.2) is 4.39 Å². The monoisotopic (exact) mass is 308 g/mol. The first-order valence-corrected chi connectivity index (χ1v) is 7.36. The van der Waals surface area contributed by atoms with Crippen LogP contribution in [0.5, 0.6) is 0 Å². The zero-order chi connectivity index (χ0) is 14.9. The molecule has 7 heteroatoms. The number of alkyl halides is 3. The van der Waals surface area contributed by atoms with E-state index in [0.29, 0.717) is 5.56 Å². The average Bonchev–Trinajstić information content (AvgIpc) is 2.37. The van der Waals surface area contributed by atoms with Crippen LogP contribution in [-0.4, -0.2) is 36.0 Å². The van der Waals surface area contributed by atoms with Crippen molar-refractivity contribution in [3.63, 3.8) is 0 Å². The van der Waals surface area contributed by atoms with Gasteiger partial charge in [0.25, 0.3) is 0 Å². The molecule has 1 saturated heterocycles. The minimum absolute atomic E-state index is 0.00452. The van der Waals surface area contributed by atoms with Gasteiger partial charge in [0.05, 0.1) is 5.56 Å². The number of benzene rings is 1. The Hall–Kier alpha value is -0.790. The zero-order valence-electron chi connectivity index (χ0n) is 11.0. The second kappa shape index (κ2) is 5.91. The van der Waals surface area contributed by atoms with E-state index < -0.39 is 23.6 Å². The highest BCUT2D eigenvalue weighted by Crippen LogP contribution is 2.33. The molecule has 1 aromatic rings. The van der Waals surface area contributed by atoms with E-state index in [2.05, 4.69) is 4.90 Å². The topological polar surface area (TPSA) is 29.3 Å². The summed E-state index contributed by atoms with van der Waals surface area (Å²) in [4.78, 5) is 2.07. The second-order valence-corrected chi connectivity index (χ2v) is 6.04. The molecule has 112 valence electrons. The average molecular weight is 308 g/mol. The van der Waals surface area contributed by atoms with Crippen LogP contribution in [0.4, 0.5) is 17.6 Å². The van der Waals surface area contributed by atoms with Crippen LogP contribution in [0.25, 0.3) is 0 Å². The van der Waals surface area contributed by atoms with E-state index in [0.717, 1.165) is 30.2 Å². The van der Waals surface area contributed by atoms with E-state index in [1.54, 1.807) is 11.8 Å². The minimum atomic E-state index is -4.68. The van der Waals surface area contributed by atoms with Gasteiger partial charge in [0.15, 0.2) is 0 Å². The van der Waals surface area contributed by atoms with Gasteiger partial charge in [-0.3, -0.25) is 4.90 Å². The van der Waals surface area contributed by atoms with Gasteiger partial charge in [0, 0.05) is 30.1 Å². The Balaban J connectivity index is 2.23. The molecule has 0 aliphatic carbocycles. The Bertz CT molecular complexity index is 478. The lowest BCUT2D eigenvalue weighted by Crippen LogP contribution is -2.46. The van der Waals surface area contributed by atoms with E-state index in [1.165, 1.54) is 6.07 Å². The SMILES string of the molecule is CN1CCSCC1C(N)c1ccc(C(F)(F)F)c(F)c1. The molecule has 0 aromatic heterocycles. The number of hydrogen-bond donors (Lipinski definition) is 1. The molecular weight excluding hydrogens is 292 g/mol. The van der Waals surface area contributed by atoms with Crippen LogP contribution in [0.2, 0.25) is 0 Å². The summed E-state index contributed by atoms with van der Waals surface area (Å²) in [6.45, 7) is 0.867. The summed E-state index contributed by atoms with van der Waals surface area (Å²) >= 11 is 1.75. The fourth-order valence-corrected chi connectivity index (χ4v) is 3.56. The van der Waals surface area contributed by atoms with E-state index >= 15 is 0 Å². The van der Waals surface area contributed by atoms with Gasteiger partial charge in [-0.2, -0.15) is 24.9 Å². The first-order valence-electron chi connectivity index (χ1n) is 6.21. The maximum Gasteiger partial charge on any atom is 0.419 e. The van der Waals surface area contributed by atoms with E-state index in [4.69, 9.17) is 5.73 Å². The van der Waals surface area contributed by atoms with Crippen LogP contribution in [0, 0.1) is 5.82 Å². The molecule has 2 unspecified atom stereocenters. The third-order valence-corrected chi connectivity index (χ3v) is 4.59. The molecule has 2 nitrogen and oxygen atoms in total. The Morgan fingerprint density at radius 2 is 2.10 bits per heavy atom. The maximum absolute atomic E-state index is 13.6. The number of halogens is 4. The standard InChI is InChI=1S/C13H16F4N2S/c1-19-4-5-20-7-11(19)12(18)8-2-3-9(10(14)6-8)13(15,16)17/h2-3,6,11-12H,4-5,7,18H2,1H3. The van der Waals surface area contributed by atoms with Gasteiger partial charge < -0.3 is 5.73 Å². The normalized spacial score (nSPS) is 22.8. The molecule has 1 aliphatic rings. The lowest BCUT2D eigenvalue weighted by atomic mass is 9.98. The van der Waals surface area contributed by atoms with Gasteiger partial charge in [-0.1, -0.05) is 6.07 Å². The fraction of sp³-hybridized carbons (Fsp3) is 0.538. The summed E-state index contributed by atoms with van der Waals surface area (Å²) in [6, 6.07) is 2.44. The van der Waals surface area contributed by atoms with Crippen molar-refractivity contribution in [3.8, 4) is 0 Å². The highest BCUT2D eigenvalue weighted by molar-refractivity contribution is 7.99. The highest BCUT2D eigenvalue weighted by atomic mass is 32.2. The van der Waals surface area contributed by atoms with Crippen LogP contribution in [0.15, 0.2) is 18.2 Å². The first-order chi connectivity index (χ1) is 9.30. The van der Waals surface area contributed by atoms with Crippen molar-refractivity contribution in [3.05, 3.63) is 35.1 Å². The molecule has 20 heavy (non-hydrogen) atoms. The van der Waals surface area contributed by atoms with Crippen molar-refractivity contribution < 1.29 is 17.6 Å². The van der Waals surface area contributed by atoms with Crippen molar-refractivity contribution >= 4 is 11.8 Å². The predicted octanol–water partition coefficient (Wildman–Crippen LogP) is 2.89. The van der Waals surface area contributed by atoms with E-state index in [1.807, 2.05) is 7.05 Å². The van der Waals surface area contributed by atoms with Crippen LogP contribution in [-0.2, 0) is 6.18 Å². The number of nitrogens with zero attached hydrogens (tertiary/aromatic N) is 1. The highest BCUT2D eigenvalue weighted by Gasteiger charge is 2.35. The van der Waals surface area contributed by atoms with Gasteiger partial charge in [0.1, 0.15) is 5.82 Å². The van der Waals surface area contributed by atoms with Crippen LogP contribution < -0.4 is 5.73 Å². The van der Waals surface area contributed by atoms with Crippen molar-refractivity contribution in [2.75, 3.05) is 25.1 Å². The summed E-state index contributed by atoms with van der Waals surface area (Å²) in [7, 11) is 1.92. The summed E-state index contributed by atoms with van der Waals surface area (Å²) in [5.41, 5.74) is 5.23. The fourth-order valence-electron chi connectivity index (χ4n) is 2.27. The Kier molecular flexibility index (Phi) is 4.61. The molecule has 2 atom stereocenters. The smallest absolute Gasteiger partial charge is 0.323 e.